The van der Waals surface area contributed by atoms with E-state index < -0.39 is 0 Å². The van der Waals surface area contributed by atoms with Gasteiger partial charge >= 0.3 is 0 Å². The molecule has 2 aliphatic carbocycles. The first kappa shape index (κ1) is 37.1. The largest absolute Gasteiger partial charge is 0.0654 e. The quantitative estimate of drug-likeness (QED) is 0.129. The molecule has 290 valence electrons. The van der Waals surface area contributed by atoms with Crippen LogP contribution in [0.1, 0.15) is 114 Å². The van der Waals surface area contributed by atoms with Crippen molar-refractivity contribution in [1.29, 1.82) is 0 Å². The molecule has 0 nitrogen and oxygen atoms in total. The van der Waals surface area contributed by atoms with Gasteiger partial charge in [-0.2, -0.15) is 0 Å². The van der Waals surface area contributed by atoms with E-state index in [9.17, 15) is 0 Å². The van der Waals surface area contributed by atoms with Gasteiger partial charge in [-0.05, 0) is 163 Å². The minimum atomic E-state index is 0.691. The Morgan fingerprint density at radius 1 is 0.310 bits per heavy atom. The number of rotatable bonds is 9. The molecule has 0 spiro atoms. The van der Waals surface area contributed by atoms with Crippen molar-refractivity contribution in [3.63, 3.8) is 0 Å². The fourth-order valence-corrected chi connectivity index (χ4v) is 11.6. The third-order valence-electron chi connectivity index (χ3n) is 14.5. The van der Waals surface area contributed by atoms with Crippen molar-refractivity contribution in [2.45, 2.75) is 103 Å². The number of fused-ring (bicyclic) bond motifs is 4. The smallest absolute Gasteiger partial charge is 0.00139 e. The molecular formula is C58H58. The fourth-order valence-electron chi connectivity index (χ4n) is 11.6. The zero-order valence-corrected chi connectivity index (χ0v) is 34.7. The molecule has 2 fully saturated rings. The van der Waals surface area contributed by atoms with Crippen LogP contribution in [0.15, 0.2) is 146 Å². The molecule has 58 heavy (non-hydrogen) atoms. The van der Waals surface area contributed by atoms with Crippen molar-refractivity contribution in [3.05, 3.63) is 157 Å². The van der Waals surface area contributed by atoms with E-state index in [2.05, 4.69) is 159 Å². The molecular weight excluding hydrogens is 697 g/mol. The van der Waals surface area contributed by atoms with Crippen LogP contribution < -0.4 is 0 Å². The predicted molar refractivity (Wildman–Crippen MR) is 252 cm³/mol. The van der Waals surface area contributed by atoms with Crippen LogP contribution in [0.5, 0.6) is 0 Å². The highest BCUT2D eigenvalue weighted by molar-refractivity contribution is 6.29. The molecule has 0 heteroatoms. The maximum atomic E-state index is 2.45. The summed E-state index contributed by atoms with van der Waals surface area (Å²) in [5.41, 5.74) is 11.0. The first-order valence-corrected chi connectivity index (χ1v) is 22.8. The molecule has 0 amide bonds. The van der Waals surface area contributed by atoms with E-state index in [0.29, 0.717) is 11.8 Å². The van der Waals surface area contributed by atoms with E-state index >= 15 is 0 Å². The van der Waals surface area contributed by atoms with Crippen LogP contribution in [0.2, 0.25) is 0 Å². The summed E-state index contributed by atoms with van der Waals surface area (Å²) in [7, 11) is 0. The van der Waals surface area contributed by atoms with E-state index in [1.54, 1.807) is 0 Å². The molecule has 0 unspecified atom stereocenters. The third kappa shape index (κ3) is 6.73. The van der Waals surface area contributed by atoms with Gasteiger partial charge < -0.3 is 0 Å². The van der Waals surface area contributed by atoms with Gasteiger partial charge in [0.1, 0.15) is 0 Å². The van der Waals surface area contributed by atoms with Crippen molar-refractivity contribution in [3.8, 4) is 33.4 Å². The van der Waals surface area contributed by atoms with Crippen LogP contribution in [0.25, 0.3) is 76.5 Å². The highest BCUT2D eigenvalue weighted by atomic mass is 14.3. The van der Waals surface area contributed by atoms with Crippen LogP contribution in [-0.2, 0) is 0 Å². The minimum Gasteiger partial charge on any atom is -0.0654 e. The molecule has 0 bridgehead atoms. The van der Waals surface area contributed by atoms with Crippen molar-refractivity contribution < 1.29 is 0 Å². The van der Waals surface area contributed by atoms with Crippen molar-refractivity contribution >= 4 is 43.1 Å². The third-order valence-corrected chi connectivity index (χ3v) is 14.5. The maximum absolute atomic E-state index is 2.45. The van der Waals surface area contributed by atoms with Gasteiger partial charge in [-0.15, -0.1) is 0 Å². The first-order chi connectivity index (χ1) is 28.7. The van der Waals surface area contributed by atoms with Crippen molar-refractivity contribution in [2.75, 3.05) is 0 Å². The summed E-state index contributed by atoms with van der Waals surface area (Å²) in [6.45, 7) is 4.67. The standard InChI is InChI=1S/C58H58/c1-3-13-39-23-27-41(28-24-39)43-31-35-45(36-32-43)55-47-15-5-9-19-51(47)57(52-20-10-6-16-48(52)55)58-53-21-11-7-17-49(53)56(50-18-8-12-22-54(50)58)46-37-33-44(34-38-46)42-29-25-40(14-4-2)26-30-42/h5-12,15-22,31-42H,3-4,13-14,23-30H2,1-2H3. The topological polar surface area (TPSA) is 0 Å². The summed E-state index contributed by atoms with van der Waals surface area (Å²) in [6, 6.07) is 56.3. The van der Waals surface area contributed by atoms with Gasteiger partial charge in [0.2, 0.25) is 0 Å². The zero-order chi connectivity index (χ0) is 39.0. The summed E-state index contributed by atoms with van der Waals surface area (Å²) in [5, 5.41) is 10.5. The molecule has 0 aromatic heterocycles. The van der Waals surface area contributed by atoms with Crippen molar-refractivity contribution in [1.82, 2.24) is 0 Å². The van der Waals surface area contributed by atoms with Crippen LogP contribution in [0.3, 0.4) is 0 Å². The SMILES string of the molecule is CCCC1CCC(c2ccc(-c3c4ccccc4c(-c4c5ccccc5c(-c5ccc(C6CCC(CCC)CC6)cc5)c5ccccc45)c4ccccc34)cc2)CC1. The molecule has 0 atom stereocenters. The molecule has 8 aromatic rings. The lowest BCUT2D eigenvalue weighted by atomic mass is 9.77. The molecule has 0 saturated heterocycles. The molecule has 0 aliphatic heterocycles. The summed E-state index contributed by atoms with van der Waals surface area (Å²) in [5.74, 6) is 3.24. The van der Waals surface area contributed by atoms with Crippen LogP contribution >= 0.6 is 0 Å². The Balaban J connectivity index is 1.11. The van der Waals surface area contributed by atoms with E-state index in [-0.39, 0.29) is 0 Å². The van der Waals surface area contributed by atoms with Crippen LogP contribution in [0.4, 0.5) is 0 Å². The molecule has 8 aromatic carbocycles. The average molecular weight is 755 g/mol. The summed E-state index contributed by atoms with van der Waals surface area (Å²) in [4.78, 5) is 0. The summed E-state index contributed by atoms with van der Waals surface area (Å²) < 4.78 is 0. The van der Waals surface area contributed by atoms with Crippen LogP contribution in [-0.4, -0.2) is 0 Å². The number of hydrogen-bond acceptors (Lipinski definition) is 0. The normalized spacial score (nSPS) is 20.0. The predicted octanol–water partition coefficient (Wildman–Crippen LogP) is 17.4. The van der Waals surface area contributed by atoms with Gasteiger partial charge in [-0.1, -0.05) is 185 Å². The molecule has 10 rings (SSSR count). The fraction of sp³-hybridized carbons (Fsp3) is 0.310. The van der Waals surface area contributed by atoms with E-state index in [4.69, 9.17) is 0 Å². The second kappa shape index (κ2) is 16.2. The van der Waals surface area contributed by atoms with Gasteiger partial charge in [-0.25, -0.2) is 0 Å². The Bertz CT molecular complexity index is 2390. The van der Waals surface area contributed by atoms with E-state index in [1.165, 1.54) is 165 Å². The first-order valence-electron chi connectivity index (χ1n) is 22.8. The monoisotopic (exact) mass is 754 g/mol. The molecule has 2 saturated carbocycles. The van der Waals surface area contributed by atoms with Crippen LogP contribution in [0, 0.1) is 11.8 Å². The summed E-state index contributed by atoms with van der Waals surface area (Å²) >= 11 is 0. The Morgan fingerprint density at radius 2 is 0.569 bits per heavy atom. The highest BCUT2D eigenvalue weighted by Gasteiger charge is 2.25. The Kier molecular flexibility index (Phi) is 10.4. The second-order valence-corrected chi connectivity index (χ2v) is 17.9. The number of benzene rings is 8. The Morgan fingerprint density at radius 3 is 0.828 bits per heavy atom. The molecule has 0 N–H and O–H groups in total. The average Bonchev–Trinajstić information content (AvgIpc) is 3.28. The minimum absolute atomic E-state index is 0.691. The zero-order valence-electron chi connectivity index (χ0n) is 34.7. The lowest BCUT2D eigenvalue weighted by molar-refractivity contribution is 0.308. The Labute approximate surface area is 346 Å². The Hall–Kier alpha value is -5.20. The molecule has 0 heterocycles. The number of hydrogen-bond donors (Lipinski definition) is 0. The second-order valence-electron chi connectivity index (χ2n) is 17.9. The maximum Gasteiger partial charge on any atom is -0.00139 e. The van der Waals surface area contributed by atoms with Gasteiger partial charge in [-0.3, -0.25) is 0 Å². The van der Waals surface area contributed by atoms with Gasteiger partial charge in [0.15, 0.2) is 0 Å². The molecule has 0 radical (unpaired) electrons. The summed E-state index contributed by atoms with van der Waals surface area (Å²) in [6.07, 6.45) is 16.3. The van der Waals surface area contributed by atoms with Gasteiger partial charge in [0.05, 0.1) is 0 Å². The highest BCUT2D eigenvalue weighted by Crippen LogP contribution is 2.50. The van der Waals surface area contributed by atoms with E-state index in [1.807, 2.05) is 0 Å². The molecule has 2 aliphatic rings. The van der Waals surface area contributed by atoms with Gasteiger partial charge in [0.25, 0.3) is 0 Å². The lowest BCUT2D eigenvalue weighted by Crippen LogP contribution is -2.13. The van der Waals surface area contributed by atoms with Gasteiger partial charge in [0, 0.05) is 0 Å². The van der Waals surface area contributed by atoms with E-state index in [0.717, 1.165) is 11.8 Å². The van der Waals surface area contributed by atoms with Crippen molar-refractivity contribution in [2.24, 2.45) is 11.8 Å². The lowest BCUT2D eigenvalue weighted by Gasteiger charge is -2.29.